The number of nitrogens with one attached hydrogen (secondary N) is 3. The molecule has 1 amide bonds. The van der Waals surface area contributed by atoms with Gasteiger partial charge in [0.15, 0.2) is 0 Å². The molecule has 3 N–H and O–H groups in total. The van der Waals surface area contributed by atoms with Crippen molar-refractivity contribution < 1.29 is 9.53 Å². The Hall–Kier alpha value is -2.24. The third-order valence-corrected chi connectivity index (χ3v) is 2.48. The van der Waals surface area contributed by atoms with Crippen LogP contribution in [-0.4, -0.2) is 36.1 Å². The lowest BCUT2D eigenvalue weighted by molar-refractivity contribution is -0.118. The van der Waals surface area contributed by atoms with Gasteiger partial charge >= 0.3 is 0 Å². The second kappa shape index (κ2) is 5.39. The topological polar surface area (TPSA) is 79.0 Å². The third-order valence-electron chi connectivity index (χ3n) is 2.48. The summed E-state index contributed by atoms with van der Waals surface area (Å²) >= 11 is 0. The minimum atomic E-state index is -0.0360. The monoisotopic (exact) mass is 248 g/mol. The van der Waals surface area contributed by atoms with Gasteiger partial charge in [-0.2, -0.15) is 0 Å². The van der Waals surface area contributed by atoms with E-state index >= 15 is 0 Å². The predicted octanol–water partition coefficient (Wildman–Crippen LogP) is 1.12. The van der Waals surface area contributed by atoms with Crippen LogP contribution in [0.3, 0.4) is 0 Å². The number of imidazole rings is 1. The second-order valence-electron chi connectivity index (χ2n) is 3.88. The van der Waals surface area contributed by atoms with Crippen molar-refractivity contribution in [3.63, 3.8) is 0 Å². The number of rotatable bonds is 5. The summed E-state index contributed by atoms with van der Waals surface area (Å²) in [4.78, 5) is 18.2. The summed E-state index contributed by atoms with van der Waals surface area (Å²) in [5.74, 6) is 1.44. The summed E-state index contributed by atoms with van der Waals surface area (Å²) in [7, 11) is 1.63. The van der Waals surface area contributed by atoms with Crippen molar-refractivity contribution in [1.82, 2.24) is 15.3 Å². The fraction of sp³-hybridized carbons (Fsp3) is 0.333. The largest absolute Gasteiger partial charge is 0.497 e. The van der Waals surface area contributed by atoms with Gasteiger partial charge in [0.2, 0.25) is 11.9 Å². The van der Waals surface area contributed by atoms with E-state index in [1.54, 1.807) is 7.11 Å². The smallest absolute Gasteiger partial charge is 0.216 e. The number of aromatic amines is 1. The normalized spacial score (nSPS) is 10.3. The van der Waals surface area contributed by atoms with E-state index in [0.717, 1.165) is 16.8 Å². The number of aromatic nitrogens is 2. The van der Waals surface area contributed by atoms with E-state index in [0.29, 0.717) is 19.0 Å². The first-order chi connectivity index (χ1) is 8.69. The Morgan fingerprint density at radius 1 is 1.44 bits per heavy atom. The Kier molecular flexibility index (Phi) is 3.66. The fourth-order valence-corrected chi connectivity index (χ4v) is 1.62. The molecule has 96 valence electrons. The van der Waals surface area contributed by atoms with Crippen LogP contribution in [0.1, 0.15) is 6.92 Å². The highest BCUT2D eigenvalue weighted by atomic mass is 16.5. The molecular formula is C12H16N4O2. The summed E-state index contributed by atoms with van der Waals surface area (Å²) in [6.45, 7) is 2.68. The minimum absolute atomic E-state index is 0.0360. The van der Waals surface area contributed by atoms with Crippen molar-refractivity contribution in [3.8, 4) is 5.75 Å². The van der Waals surface area contributed by atoms with Gasteiger partial charge in [0, 0.05) is 26.1 Å². The van der Waals surface area contributed by atoms with Gasteiger partial charge in [-0.3, -0.25) is 4.79 Å². The first-order valence-corrected chi connectivity index (χ1v) is 5.71. The number of H-pyrrole nitrogens is 1. The van der Waals surface area contributed by atoms with E-state index in [4.69, 9.17) is 4.74 Å². The molecule has 1 aromatic carbocycles. The van der Waals surface area contributed by atoms with Crippen LogP contribution in [0.5, 0.6) is 5.75 Å². The molecule has 0 atom stereocenters. The predicted molar refractivity (Wildman–Crippen MR) is 69.8 cm³/mol. The summed E-state index contributed by atoms with van der Waals surface area (Å²) in [5.41, 5.74) is 1.79. The van der Waals surface area contributed by atoms with Crippen LogP contribution in [0, 0.1) is 0 Å². The average Bonchev–Trinajstić information content (AvgIpc) is 2.75. The number of carbonyl (C=O) groups excluding carboxylic acids is 1. The summed E-state index contributed by atoms with van der Waals surface area (Å²) in [6.07, 6.45) is 0. The van der Waals surface area contributed by atoms with Gasteiger partial charge in [-0.05, 0) is 12.1 Å². The van der Waals surface area contributed by atoms with E-state index in [2.05, 4.69) is 20.6 Å². The van der Waals surface area contributed by atoms with E-state index in [1.807, 2.05) is 18.2 Å². The van der Waals surface area contributed by atoms with Crippen molar-refractivity contribution in [2.45, 2.75) is 6.92 Å². The number of methoxy groups -OCH3 is 1. The number of hydrogen-bond donors (Lipinski definition) is 3. The molecule has 1 heterocycles. The molecule has 1 aromatic heterocycles. The number of benzene rings is 1. The van der Waals surface area contributed by atoms with E-state index in [9.17, 15) is 4.79 Å². The molecule has 0 aliphatic carbocycles. The highest BCUT2D eigenvalue weighted by Crippen LogP contribution is 2.19. The number of nitrogens with zero attached hydrogens (tertiary/aromatic N) is 1. The lowest BCUT2D eigenvalue weighted by atomic mass is 10.3. The third kappa shape index (κ3) is 2.91. The number of hydrogen-bond acceptors (Lipinski definition) is 4. The zero-order chi connectivity index (χ0) is 13.0. The summed E-state index contributed by atoms with van der Waals surface area (Å²) in [5, 5.41) is 5.81. The molecule has 0 saturated heterocycles. The Morgan fingerprint density at radius 2 is 2.28 bits per heavy atom. The SMILES string of the molecule is COc1ccc2nc(NCCNC(C)=O)[nH]c2c1. The minimum Gasteiger partial charge on any atom is -0.497 e. The molecular weight excluding hydrogens is 232 g/mol. The number of fused-ring (bicyclic) bond motifs is 1. The standard InChI is InChI=1S/C12H16N4O2/c1-8(17)13-5-6-14-12-15-10-4-3-9(18-2)7-11(10)16-12/h3-4,7H,5-6H2,1-2H3,(H,13,17)(H2,14,15,16). The number of anilines is 1. The van der Waals surface area contributed by atoms with Crippen molar-refractivity contribution >= 4 is 22.9 Å². The van der Waals surface area contributed by atoms with E-state index in [-0.39, 0.29) is 5.91 Å². The van der Waals surface area contributed by atoms with Crippen LogP contribution in [-0.2, 0) is 4.79 Å². The molecule has 0 radical (unpaired) electrons. The molecule has 0 aliphatic heterocycles. The highest BCUT2D eigenvalue weighted by Gasteiger charge is 2.03. The maximum absolute atomic E-state index is 10.7. The summed E-state index contributed by atoms with van der Waals surface area (Å²) in [6, 6.07) is 5.65. The summed E-state index contributed by atoms with van der Waals surface area (Å²) < 4.78 is 5.14. The molecule has 0 bridgehead atoms. The van der Waals surface area contributed by atoms with Crippen LogP contribution in [0.25, 0.3) is 11.0 Å². The van der Waals surface area contributed by atoms with Gasteiger partial charge in [-0.25, -0.2) is 4.98 Å². The van der Waals surface area contributed by atoms with E-state index in [1.165, 1.54) is 6.92 Å². The van der Waals surface area contributed by atoms with Gasteiger partial charge in [-0.15, -0.1) is 0 Å². The second-order valence-corrected chi connectivity index (χ2v) is 3.88. The Labute approximate surface area is 105 Å². The number of ether oxygens (including phenoxy) is 1. The van der Waals surface area contributed by atoms with Crippen LogP contribution in [0.4, 0.5) is 5.95 Å². The zero-order valence-corrected chi connectivity index (χ0v) is 10.4. The molecule has 0 aliphatic rings. The molecule has 6 nitrogen and oxygen atoms in total. The molecule has 2 rings (SSSR count). The molecule has 18 heavy (non-hydrogen) atoms. The lowest BCUT2D eigenvalue weighted by Crippen LogP contribution is -2.26. The Morgan fingerprint density at radius 3 is 3.00 bits per heavy atom. The van der Waals surface area contributed by atoms with Crippen molar-refractivity contribution in [2.24, 2.45) is 0 Å². The van der Waals surface area contributed by atoms with Gasteiger partial charge in [0.05, 0.1) is 18.1 Å². The number of carbonyl (C=O) groups is 1. The number of amides is 1. The van der Waals surface area contributed by atoms with Gasteiger partial charge in [-0.1, -0.05) is 0 Å². The maximum Gasteiger partial charge on any atom is 0.216 e. The molecule has 6 heteroatoms. The first-order valence-electron chi connectivity index (χ1n) is 5.71. The van der Waals surface area contributed by atoms with Crippen LogP contribution in [0.2, 0.25) is 0 Å². The van der Waals surface area contributed by atoms with Crippen LogP contribution in [0.15, 0.2) is 18.2 Å². The Bertz CT molecular complexity index is 550. The molecule has 0 fully saturated rings. The van der Waals surface area contributed by atoms with Gasteiger partial charge in [0.1, 0.15) is 5.75 Å². The quantitative estimate of drug-likeness (QED) is 0.693. The average molecular weight is 248 g/mol. The van der Waals surface area contributed by atoms with Crippen LogP contribution >= 0.6 is 0 Å². The molecule has 0 saturated carbocycles. The molecule has 0 unspecified atom stereocenters. The highest BCUT2D eigenvalue weighted by molar-refractivity contribution is 5.79. The van der Waals surface area contributed by atoms with Crippen molar-refractivity contribution in [3.05, 3.63) is 18.2 Å². The van der Waals surface area contributed by atoms with Crippen molar-refractivity contribution in [1.29, 1.82) is 0 Å². The van der Waals surface area contributed by atoms with Gasteiger partial charge in [0.25, 0.3) is 0 Å². The maximum atomic E-state index is 10.7. The zero-order valence-electron chi connectivity index (χ0n) is 10.4. The fourth-order valence-electron chi connectivity index (χ4n) is 1.62. The van der Waals surface area contributed by atoms with Crippen molar-refractivity contribution in [2.75, 3.05) is 25.5 Å². The van der Waals surface area contributed by atoms with E-state index < -0.39 is 0 Å². The van der Waals surface area contributed by atoms with Crippen LogP contribution < -0.4 is 15.4 Å². The van der Waals surface area contributed by atoms with Gasteiger partial charge < -0.3 is 20.4 Å². The lowest BCUT2D eigenvalue weighted by Gasteiger charge is -2.02. The molecule has 2 aromatic rings. The molecule has 0 spiro atoms. The Balaban J connectivity index is 1.99. The first kappa shape index (κ1) is 12.2.